The van der Waals surface area contributed by atoms with Gasteiger partial charge in [-0.05, 0) is 88.3 Å². The second-order valence-electron chi connectivity index (χ2n) is 16.4. The predicted octanol–water partition coefficient (Wildman–Crippen LogP) is 9.86. The lowest BCUT2D eigenvalue weighted by Crippen LogP contribution is -2.41. The molecule has 0 saturated heterocycles. The van der Waals surface area contributed by atoms with Crippen molar-refractivity contribution < 1.29 is 19.1 Å². The molecule has 0 aliphatic rings. The highest BCUT2D eigenvalue weighted by molar-refractivity contribution is 6.84. The van der Waals surface area contributed by atoms with Gasteiger partial charge in [0.1, 0.15) is 8.07 Å². The van der Waals surface area contributed by atoms with Gasteiger partial charge in [0.25, 0.3) is 0 Å². The predicted molar refractivity (Wildman–Crippen MR) is 192 cm³/mol. The van der Waals surface area contributed by atoms with Crippen molar-refractivity contribution in [1.29, 1.82) is 0 Å². The highest BCUT2D eigenvalue weighted by atomic mass is 28.4. The number of aliphatic hydroxyl groups is 1. The van der Waals surface area contributed by atoms with Crippen LogP contribution in [0.5, 0.6) is 0 Å². The summed E-state index contributed by atoms with van der Waals surface area (Å²) in [4.78, 5) is 12.9. The number of hydrogen-bond acceptors (Lipinski definition) is 4. The highest BCUT2D eigenvalue weighted by Gasteiger charge is 2.37. The van der Waals surface area contributed by atoms with Gasteiger partial charge >= 0.3 is 0 Å². The maximum atomic E-state index is 12.9. The Morgan fingerprint density at radius 1 is 0.977 bits per heavy atom. The highest BCUT2D eigenvalue weighted by Crippen LogP contribution is 2.37. The largest absolute Gasteiger partial charge is 0.413 e. The monoisotopic (exact) mass is 634 g/mol. The molecule has 0 spiro atoms. The summed E-state index contributed by atoms with van der Waals surface area (Å²) in [7, 11) is -3.42. The van der Waals surface area contributed by atoms with E-state index in [9.17, 15) is 9.90 Å². The zero-order valence-corrected chi connectivity index (χ0v) is 33.1. The summed E-state index contributed by atoms with van der Waals surface area (Å²) < 4.78 is 12.6. The lowest BCUT2D eigenvalue weighted by atomic mass is 9.84. The van der Waals surface area contributed by atoms with Crippen LogP contribution in [-0.4, -0.2) is 52.2 Å². The summed E-state index contributed by atoms with van der Waals surface area (Å²) in [6.45, 7) is 39.8. The second-order valence-corrected chi connectivity index (χ2v) is 26.0. The molecular weight excluding hydrogens is 565 g/mol. The van der Waals surface area contributed by atoms with Crippen LogP contribution in [0.2, 0.25) is 37.8 Å². The Morgan fingerprint density at radius 3 is 2.02 bits per heavy atom. The van der Waals surface area contributed by atoms with Crippen LogP contribution in [0.1, 0.15) is 102 Å². The molecule has 0 aromatic rings. The van der Waals surface area contributed by atoms with Gasteiger partial charge in [0, 0.05) is 5.92 Å². The fourth-order valence-corrected chi connectivity index (χ4v) is 6.59. The first-order chi connectivity index (χ1) is 19.4. The second kappa shape index (κ2) is 18.2. The third-order valence-electron chi connectivity index (χ3n) is 9.06. The normalized spacial score (nSPS) is 18.2. The molecular formula is C37H70O4Si2. The molecule has 0 radical (unpaired) electrons. The maximum absolute atomic E-state index is 12.9. The van der Waals surface area contributed by atoms with Gasteiger partial charge in [-0.15, -0.1) is 5.54 Å². The van der Waals surface area contributed by atoms with Crippen LogP contribution in [0.15, 0.2) is 23.8 Å². The van der Waals surface area contributed by atoms with E-state index in [4.69, 9.17) is 9.16 Å². The first-order valence-corrected chi connectivity index (χ1v) is 23.2. The Balaban J connectivity index is 5.04. The lowest BCUT2D eigenvalue weighted by Gasteiger charge is -2.37. The molecule has 0 aromatic heterocycles. The van der Waals surface area contributed by atoms with Gasteiger partial charge in [0.05, 0.1) is 30.8 Å². The molecule has 0 aliphatic carbocycles. The molecule has 250 valence electrons. The standard InChI is InChI=1S/C37H70O4Si2/c1-26(2)41-36(33(9)35(39)20-21-42(13,14)15)32(8)34(38)19-18-27(3)22-28(4)23-29(5)24-30(6)31(7)25-40-43(16,17)37(10,11)12/h22,26-27,29-30,32-34,36,38H,7,18-19,23-25H2,1-6,8-17H3/b28-22+/t27-,29+,30-,32-,33-,34+,36-/m0/s1. The Kier molecular flexibility index (Phi) is 17.8. The molecule has 6 heteroatoms. The quantitative estimate of drug-likeness (QED) is 0.0926. The number of ketones is 1. The average Bonchev–Trinajstić information content (AvgIpc) is 2.85. The third-order valence-corrected chi connectivity index (χ3v) is 14.4. The van der Waals surface area contributed by atoms with Gasteiger partial charge in [-0.1, -0.05) is 98.8 Å². The van der Waals surface area contributed by atoms with Crippen molar-refractivity contribution in [1.82, 2.24) is 0 Å². The van der Waals surface area contributed by atoms with E-state index >= 15 is 0 Å². The van der Waals surface area contributed by atoms with Gasteiger partial charge in [-0.2, -0.15) is 0 Å². The number of hydrogen-bond donors (Lipinski definition) is 1. The minimum absolute atomic E-state index is 0.0315. The van der Waals surface area contributed by atoms with Crippen LogP contribution in [0.25, 0.3) is 0 Å². The maximum Gasteiger partial charge on any atom is 0.210 e. The molecule has 0 fully saturated rings. The SMILES string of the molecule is C=C(CO[Si](C)(C)C(C)(C)C)[C@@H](C)C[C@H](C)C/C(C)=C/[C@@H](C)CC[C@@H](O)[C@H](C)[C@H](OC(C)C)[C@@H](C)C(=O)C#C[Si](C)(C)C. The van der Waals surface area contributed by atoms with Crippen molar-refractivity contribution in [2.75, 3.05) is 6.61 Å². The number of carbonyl (C=O) groups is 1. The summed E-state index contributed by atoms with van der Waals surface area (Å²) in [5.41, 5.74) is 5.79. The number of ether oxygens (including phenoxy) is 1. The van der Waals surface area contributed by atoms with E-state index in [0.717, 1.165) is 19.3 Å². The molecule has 0 rings (SSSR count). The minimum atomic E-state index is -1.77. The minimum Gasteiger partial charge on any atom is -0.413 e. The summed E-state index contributed by atoms with van der Waals surface area (Å²) >= 11 is 0. The van der Waals surface area contributed by atoms with Crippen molar-refractivity contribution in [2.24, 2.45) is 29.6 Å². The van der Waals surface area contributed by atoms with Gasteiger partial charge < -0.3 is 14.3 Å². The molecule has 4 nitrogen and oxygen atoms in total. The fourth-order valence-electron chi connectivity index (χ4n) is 5.11. The summed E-state index contributed by atoms with van der Waals surface area (Å²) in [5, 5.41) is 11.4. The van der Waals surface area contributed by atoms with Crippen LogP contribution in [0.4, 0.5) is 0 Å². The number of rotatable bonds is 18. The number of carbonyl (C=O) groups excluding carboxylic acids is 1. The van der Waals surface area contributed by atoms with Gasteiger partial charge in [-0.25, -0.2) is 0 Å². The Labute approximate surface area is 270 Å². The van der Waals surface area contributed by atoms with Crippen molar-refractivity contribution in [3.05, 3.63) is 23.8 Å². The molecule has 0 unspecified atom stereocenters. The smallest absolute Gasteiger partial charge is 0.210 e. The summed E-state index contributed by atoms with van der Waals surface area (Å²) in [6.07, 6.45) is 5.16. The van der Waals surface area contributed by atoms with Crippen LogP contribution in [-0.2, 0) is 14.0 Å². The third kappa shape index (κ3) is 16.8. The van der Waals surface area contributed by atoms with Gasteiger partial charge in [0.2, 0.25) is 5.78 Å². The van der Waals surface area contributed by atoms with Gasteiger partial charge in [-0.3, -0.25) is 4.79 Å². The van der Waals surface area contributed by atoms with Crippen LogP contribution >= 0.6 is 0 Å². The van der Waals surface area contributed by atoms with Crippen LogP contribution in [0, 0.1) is 41.1 Å². The van der Waals surface area contributed by atoms with E-state index in [-0.39, 0.29) is 34.9 Å². The van der Waals surface area contributed by atoms with Crippen molar-refractivity contribution in [3.63, 3.8) is 0 Å². The van der Waals surface area contributed by atoms with Crippen molar-refractivity contribution >= 4 is 22.2 Å². The molecule has 0 saturated carbocycles. The summed E-state index contributed by atoms with van der Waals surface area (Å²) in [6, 6.07) is 0. The van der Waals surface area contributed by atoms with Gasteiger partial charge in [0.15, 0.2) is 8.32 Å². The summed E-state index contributed by atoms with van der Waals surface area (Å²) in [5.74, 6) is 3.61. The van der Waals surface area contributed by atoms with E-state index in [1.807, 2.05) is 27.7 Å². The van der Waals surface area contributed by atoms with Crippen LogP contribution in [0.3, 0.4) is 0 Å². The molecule has 1 N–H and O–H groups in total. The molecule has 0 aliphatic heterocycles. The van der Waals surface area contributed by atoms with E-state index in [0.29, 0.717) is 30.8 Å². The fraction of sp³-hybridized carbons (Fsp3) is 0.811. The lowest BCUT2D eigenvalue weighted by molar-refractivity contribution is -0.129. The van der Waals surface area contributed by atoms with Crippen molar-refractivity contribution in [3.8, 4) is 11.5 Å². The van der Waals surface area contributed by atoms with E-state index in [1.54, 1.807) is 0 Å². The molecule has 0 heterocycles. The average molecular weight is 635 g/mol. The van der Waals surface area contributed by atoms with Crippen LogP contribution < -0.4 is 0 Å². The molecule has 43 heavy (non-hydrogen) atoms. The number of allylic oxidation sites excluding steroid dienone is 2. The Hall–Kier alpha value is -0.976. The first kappa shape index (κ1) is 42.0. The molecule has 0 amide bonds. The zero-order chi connectivity index (χ0) is 33.9. The van der Waals surface area contributed by atoms with E-state index in [2.05, 4.69) is 105 Å². The molecule has 7 atom stereocenters. The number of Topliss-reactive ketones (excluding diaryl/α,β-unsaturated/α-hetero) is 1. The van der Waals surface area contributed by atoms with E-state index < -0.39 is 22.5 Å². The molecule has 0 aromatic carbocycles. The Morgan fingerprint density at radius 2 is 1.53 bits per heavy atom. The topological polar surface area (TPSA) is 55.8 Å². The first-order valence-electron chi connectivity index (χ1n) is 16.8. The molecule has 0 bridgehead atoms. The van der Waals surface area contributed by atoms with E-state index in [1.165, 1.54) is 11.1 Å². The number of aliphatic hydroxyl groups excluding tert-OH is 1. The van der Waals surface area contributed by atoms with Crippen molar-refractivity contribution in [2.45, 2.75) is 158 Å². The Bertz CT molecular complexity index is 958. The zero-order valence-electron chi connectivity index (χ0n) is 31.1.